The maximum Gasteiger partial charge on any atom is 0.161 e. The van der Waals surface area contributed by atoms with Gasteiger partial charge in [0.25, 0.3) is 0 Å². The fourth-order valence-corrected chi connectivity index (χ4v) is 2.30. The van der Waals surface area contributed by atoms with Crippen LogP contribution < -0.4 is 0 Å². The smallest absolute Gasteiger partial charge is 0.161 e. The summed E-state index contributed by atoms with van der Waals surface area (Å²) in [6.07, 6.45) is 14.4. The first kappa shape index (κ1) is 25.0. The topological polar surface area (TPSA) is 42.9 Å². The van der Waals surface area contributed by atoms with Crippen LogP contribution in [0.4, 0.5) is 0 Å². The Balaban J connectivity index is 0.000000472. The van der Waals surface area contributed by atoms with Crippen LogP contribution in [0.2, 0.25) is 0 Å². The lowest BCUT2D eigenvalue weighted by Gasteiger charge is -1.99. The monoisotopic (exact) mass is 370 g/mol. The summed E-state index contributed by atoms with van der Waals surface area (Å²) < 4.78 is 0. The number of unbranched alkanes of at least 4 members (excludes halogenated alkanes) is 6. The van der Waals surface area contributed by atoms with E-state index in [1.54, 1.807) is 24.5 Å². The number of ketones is 1. The number of Topliss-reactive ketones (excluding diaryl/α,β-unsaturated/α-hetero) is 1. The van der Waals surface area contributed by atoms with Gasteiger partial charge in [0.05, 0.1) is 11.4 Å². The first-order chi connectivity index (χ1) is 13.1. The molecule has 0 bridgehead atoms. The van der Waals surface area contributed by atoms with Crippen molar-refractivity contribution in [3.05, 3.63) is 48.3 Å². The lowest BCUT2D eigenvalue weighted by Crippen LogP contribution is -1.94. The quantitative estimate of drug-likeness (QED) is 0.356. The Bertz CT molecular complexity index is 573. The third-order valence-electron chi connectivity index (χ3n) is 4.01. The maximum absolute atomic E-state index is 11.0. The van der Waals surface area contributed by atoms with E-state index >= 15 is 0 Å². The second-order valence-electron chi connectivity index (χ2n) is 6.62. The number of hydrogen-bond acceptors (Lipinski definition) is 3. The van der Waals surface area contributed by atoms with E-state index in [0.717, 1.165) is 11.4 Å². The molecular weight excluding hydrogens is 332 g/mol. The molecule has 2 rings (SSSR count). The molecule has 0 fully saturated rings. The minimum atomic E-state index is 0.0232. The summed E-state index contributed by atoms with van der Waals surface area (Å²) in [5, 5.41) is 0. The van der Waals surface area contributed by atoms with E-state index in [4.69, 9.17) is 0 Å². The van der Waals surface area contributed by atoms with Gasteiger partial charge in [0.15, 0.2) is 5.78 Å². The standard InChI is InChI=1S/C12H10N2O.C7H16.C5H12/c1-9(15)10-5-6-12(14-8-10)11-4-2-3-7-13-11;1-3-5-7-6-4-2;1-3-5-4-2/h2-8H,1H3;3-7H2,1-2H3;3-5H2,1-2H3. The SMILES string of the molecule is CC(=O)c1ccc(-c2ccccn2)nc1.CCCCC.CCCCCCC. The van der Waals surface area contributed by atoms with Crippen molar-refractivity contribution < 1.29 is 4.79 Å². The zero-order valence-electron chi connectivity index (χ0n) is 18.0. The number of rotatable bonds is 8. The zero-order chi connectivity index (χ0) is 20.3. The summed E-state index contributed by atoms with van der Waals surface area (Å²) in [6, 6.07) is 9.21. The van der Waals surface area contributed by atoms with Crippen molar-refractivity contribution in [1.82, 2.24) is 9.97 Å². The molecule has 0 saturated heterocycles. The molecule has 3 heteroatoms. The van der Waals surface area contributed by atoms with Crippen molar-refractivity contribution in [2.75, 3.05) is 0 Å². The Morgan fingerprint density at radius 3 is 1.70 bits per heavy atom. The molecular formula is C24H38N2O. The molecule has 0 saturated carbocycles. The van der Waals surface area contributed by atoms with E-state index < -0.39 is 0 Å². The van der Waals surface area contributed by atoms with Crippen LogP contribution in [0.5, 0.6) is 0 Å². The lowest BCUT2D eigenvalue weighted by molar-refractivity contribution is 0.101. The van der Waals surface area contributed by atoms with Crippen LogP contribution in [-0.4, -0.2) is 15.8 Å². The van der Waals surface area contributed by atoms with Gasteiger partial charge in [-0.05, 0) is 31.2 Å². The van der Waals surface area contributed by atoms with Crippen molar-refractivity contribution >= 4 is 5.78 Å². The van der Waals surface area contributed by atoms with E-state index in [1.165, 1.54) is 58.3 Å². The van der Waals surface area contributed by atoms with Gasteiger partial charge in [-0.25, -0.2) is 0 Å². The van der Waals surface area contributed by atoms with Crippen molar-refractivity contribution in [1.29, 1.82) is 0 Å². The summed E-state index contributed by atoms with van der Waals surface area (Å²) in [7, 11) is 0. The molecule has 0 radical (unpaired) electrons. The number of hydrogen-bond donors (Lipinski definition) is 0. The van der Waals surface area contributed by atoms with E-state index in [9.17, 15) is 4.79 Å². The van der Waals surface area contributed by atoms with Crippen LogP contribution in [0.25, 0.3) is 11.4 Å². The number of aromatic nitrogens is 2. The second kappa shape index (κ2) is 17.4. The van der Waals surface area contributed by atoms with Gasteiger partial charge < -0.3 is 0 Å². The van der Waals surface area contributed by atoms with Crippen molar-refractivity contribution in [2.45, 2.75) is 86.0 Å². The molecule has 0 aliphatic heterocycles. The summed E-state index contributed by atoms with van der Waals surface area (Å²) >= 11 is 0. The molecule has 27 heavy (non-hydrogen) atoms. The minimum Gasteiger partial charge on any atom is -0.294 e. The normalized spacial score (nSPS) is 9.52. The van der Waals surface area contributed by atoms with Crippen LogP contribution in [0, 0.1) is 0 Å². The molecule has 0 aliphatic rings. The fraction of sp³-hybridized carbons (Fsp3) is 0.542. The predicted octanol–water partition coefficient (Wildman–Crippen LogP) is 7.52. The highest BCUT2D eigenvalue weighted by Crippen LogP contribution is 2.13. The van der Waals surface area contributed by atoms with Crippen LogP contribution in [0.15, 0.2) is 42.7 Å². The first-order valence-corrected chi connectivity index (χ1v) is 10.5. The van der Waals surface area contributed by atoms with Crippen LogP contribution in [-0.2, 0) is 0 Å². The van der Waals surface area contributed by atoms with Crippen LogP contribution >= 0.6 is 0 Å². The molecule has 0 N–H and O–H groups in total. The summed E-state index contributed by atoms with van der Waals surface area (Å²) in [6.45, 7) is 10.4. The lowest BCUT2D eigenvalue weighted by atomic mass is 10.2. The highest BCUT2D eigenvalue weighted by Gasteiger charge is 2.02. The van der Waals surface area contributed by atoms with Crippen molar-refractivity contribution in [2.24, 2.45) is 0 Å². The highest BCUT2D eigenvalue weighted by molar-refractivity contribution is 5.93. The molecule has 0 aliphatic carbocycles. The Labute approximate surface area is 166 Å². The maximum atomic E-state index is 11.0. The number of carbonyl (C=O) groups excluding carboxylic acids is 1. The fourth-order valence-electron chi connectivity index (χ4n) is 2.30. The molecule has 150 valence electrons. The Kier molecular flexibility index (Phi) is 16.1. The van der Waals surface area contributed by atoms with Gasteiger partial charge in [-0.3, -0.25) is 14.8 Å². The largest absolute Gasteiger partial charge is 0.294 e. The van der Waals surface area contributed by atoms with Gasteiger partial charge in [0.2, 0.25) is 0 Å². The zero-order valence-corrected chi connectivity index (χ0v) is 18.0. The molecule has 0 spiro atoms. The molecule has 0 aromatic carbocycles. The van der Waals surface area contributed by atoms with E-state index in [-0.39, 0.29) is 5.78 Å². The van der Waals surface area contributed by atoms with E-state index in [0.29, 0.717) is 5.56 Å². The van der Waals surface area contributed by atoms with Gasteiger partial charge in [0, 0.05) is 18.0 Å². The molecule has 2 aromatic rings. The van der Waals surface area contributed by atoms with Crippen LogP contribution in [0.1, 0.15) is 96.3 Å². The van der Waals surface area contributed by atoms with Gasteiger partial charge in [-0.1, -0.05) is 85.1 Å². The number of carbonyl (C=O) groups is 1. The Morgan fingerprint density at radius 2 is 1.33 bits per heavy atom. The first-order valence-electron chi connectivity index (χ1n) is 10.5. The third kappa shape index (κ3) is 12.9. The van der Waals surface area contributed by atoms with Gasteiger partial charge in [-0.2, -0.15) is 0 Å². The molecule has 0 amide bonds. The number of nitrogens with zero attached hydrogens (tertiary/aromatic N) is 2. The Morgan fingerprint density at radius 1 is 0.741 bits per heavy atom. The minimum absolute atomic E-state index is 0.0232. The molecule has 3 nitrogen and oxygen atoms in total. The second-order valence-corrected chi connectivity index (χ2v) is 6.62. The van der Waals surface area contributed by atoms with E-state index in [1.807, 2.05) is 18.2 Å². The van der Waals surface area contributed by atoms with E-state index in [2.05, 4.69) is 37.7 Å². The van der Waals surface area contributed by atoms with Crippen molar-refractivity contribution in [3.8, 4) is 11.4 Å². The average molecular weight is 371 g/mol. The third-order valence-corrected chi connectivity index (χ3v) is 4.01. The van der Waals surface area contributed by atoms with Gasteiger partial charge in [-0.15, -0.1) is 0 Å². The average Bonchev–Trinajstić information content (AvgIpc) is 2.71. The molecule has 0 atom stereocenters. The number of pyridine rings is 2. The summed E-state index contributed by atoms with van der Waals surface area (Å²) in [5.41, 5.74) is 2.21. The molecule has 2 heterocycles. The Hall–Kier alpha value is -2.03. The predicted molar refractivity (Wildman–Crippen MR) is 117 cm³/mol. The highest BCUT2D eigenvalue weighted by atomic mass is 16.1. The van der Waals surface area contributed by atoms with Crippen molar-refractivity contribution in [3.63, 3.8) is 0 Å². The molecule has 0 unspecified atom stereocenters. The van der Waals surface area contributed by atoms with Gasteiger partial charge in [0.1, 0.15) is 0 Å². The molecule has 2 aromatic heterocycles. The summed E-state index contributed by atoms with van der Waals surface area (Å²) in [5.74, 6) is 0.0232. The van der Waals surface area contributed by atoms with Crippen LogP contribution in [0.3, 0.4) is 0 Å². The summed E-state index contributed by atoms with van der Waals surface area (Å²) in [4.78, 5) is 19.4. The van der Waals surface area contributed by atoms with Gasteiger partial charge >= 0.3 is 0 Å².